The molecule has 1 aliphatic carbocycles. The molecule has 3 nitrogen and oxygen atoms in total. The van der Waals surface area contributed by atoms with E-state index in [2.05, 4.69) is 29.5 Å². The number of methoxy groups -OCH3 is 1. The lowest BCUT2D eigenvalue weighted by molar-refractivity contribution is -0.0794. The van der Waals surface area contributed by atoms with Gasteiger partial charge in [0.1, 0.15) is 0 Å². The Bertz CT molecular complexity index is 348. The first-order valence-electron chi connectivity index (χ1n) is 5.25. The van der Waals surface area contributed by atoms with E-state index in [1.54, 1.807) is 18.4 Å². The van der Waals surface area contributed by atoms with Crippen molar-refractivity contribution in [3.8, 4) is 0 Å². The number of anilines is 1. The van der Waals surface area contributed by atoms with Crippen LogP contribution in [0.3, 0.4) is 0 Å². The fourth-order valence-corrected chi connectivity index (χ4v) is 2.84. The second kappa shape index (κ2) is 3.76. The van der Waals surface area contributed by atoms with Crippen molar-refractivity contribution in [3.63, 3.8) is 0 Å². The fraction of sp³-hybridized carbons (Fsp3) is 0.727. The summed E-state index contributed by atoms with van der Waals surface area (Å²) in [6, 6.07) is 0.480. The Balaban J connectivity index is 1.98. The van der Waals surface area contributed by atoms with E-state index in [9.17, 15) is 0 Å². The Kier molecular flexibility index (Phi) is 2.73. The molecule has 1 aromatic heterocycles. The largest absolute Gasteiger partial charge is 0.381 e. The zero-order chi connectivity index (χ0) is 11.1. The zero-order valence-corrected chi connectivity index (χ0v) is 10.5. The molecule has 0 bridgehead atoms. The molecular weight excluding hydrogens is 208 g/mol. The smallest absolute Gasteiger partial charge is 0.183 e. The molecular formula is C11H18N2OS. The van der Waals surface area contributed by atoms with Crippen molar-refractivity contribution in [2.45, 2.75) is 39.3 Å². The van der Waals surface area contributed by atoms with E-state index in [1.165, 1.54) is 0 Å². The summed E-state index contributed by atoms with van der Waals surface area (Å²) < 4.78 is 5.42. The van der Waals surface area contributed by atoms with Gasteiger partial charge in [-0.25, -0.2) is 4.98 Å². The topological polar surface area (TPSA) is 34.1 Å². The van der Waals surface area contributed by atoms with Gasteiger partial charge >= 0.3 is 0 Å². The van der Waals surface area contributed by atoms with Crippen molar-refractivity contribution in [1.82, 2.24) is 4.98 Å². The average molecular weight is 226 g/mol. The molecule has 0 radical (unpaired) electrons. The highest BCUT2D eigenvalue weighted by Crippen LogP contribution is 2.44. The Morgan fingerprint density at radius 2 is 2.33 bits per heavy atom. The SMILES string of the molecule is COC1CC(Nc2nc(C)cs2)C1(C)C. The molecule has 84 valence electrons. The molecule has 1 saturated carbocycles. The Hall–Kier alpha value is -0.610. The van der Waals surface area contributed by atoms with Crippen LogP contribution in [0.15, 0.2) is 5.38 Å². The van der Waals surface area contributed by atoms with Crippen molar-refractivity contribution in [2.24, 2.45) is 5.41 Å². The monoisotopic (exact) mass is 226 g/mol. The second-order valence-corrected chi connectivity index (χ2v) is 5.63. The van der Waals surface area contributed by atoms with E-state index < -0.39 is 0 Å². The van der Waals surface area contributed by atoms with Gasteiger partial charge in [0.05, 0.1) is 11.8 Å². The molecule has 1 fully saturated rings. The van der Waals surface area contributed by atoms with Gasteiger partial charge in [-0.15, -0.1) is 11.3 Å². The summed E-state index contributed by atoms with van der Waals surface area (Å²) in [5.74, 6) is 0. The van der Waals surface area contributed by atoms with Crippen LogP contribution >= 0.6 is 11.3 Å². The van der Waals surface area contributed by atoms with Gasteiger partial charge in [-0.3, -0.25) is 0 Å². The lowest BCUT2D eigenvalue weighted by Crippen LogP contribution is -2.57. The molecule has 4 heteroatoms. The number of thiazole rings is 1. The molecule has 1 heterocycles. The first-order chi connectivity index (χ1) is 7.04. The lowest BCUT2D eigenvalue weighted by Gasteiger charge is -2.51. The number of aromatic nitrogens is 1. The van der Waals surface area contributed by atoms with Crippen LogP contribution in [0.2, 0.25) is 0 Å². The third-order valence-electron chi connectivity index (χ3n) is 3.38. The highest BCUT2D eigenvalue weighted by Gasteiger charge is 2.48. The summed E-state index contributed by atoms with van der Waals surface area (Å²) in [5, 5.41) is 6.58. The third-order valence-corrected chi connectivity index (χ3v) is 4.27. The summed E-state index contributed by atoms with van der Waals surface area (Å²) in [6.45, 7) is 6.50. The summed E-state index contributed by atoms with van der Waals surface area (Å²) in [7, 11) is 1.79. The Morgan fingerprint density at radius 1 is 1.60 bits per heavy atom. The molecule has 15 heavy (non-hydrogen) atoms. The number of ether oxygens (including phenoxy) is 1. The number of nitrogens with zero attached hydrogens (tertiary/aromatic N) is 1. The van der Waals surface area contributed by atoms with Crippen LogP contribution in [0, 0.1) is 12.3 Å². The average Bonchev–Trinajstić information content (AvgIpc) is 2.58. The van der Waals surface area contributed by atoms with Gasteiger partial charge < -0.3 is 10.1 Å². The summed E-state index contributed by atoms with van der Waals surface area (Å²) in [5.41, 5.74) is 1.29. The van der Waals surface area contributed by atoms with E-state index in [4.69, 9.17) is 4.74 Å². The minimum Gasteiger partial charge on any atom is -0.381 e. The highest BCUT2D eigenvalue weighted by atomic mass is 32.1. The van der Waals surface area contributed by atoms with E-state index in [1.807, 2.05) is 6.92 Å². The highest BCUT2D eigenvalue weighted by molar-refractivity contribution is 7.13. The molecule has 0 aliphatic heterocycles. The maximum atomic E-state index is 5.42. The number of aryl methyl sites for hydroxylation is 1. The number of rotatable bonds is 3. The standard InChI is InChI=1S/C11H18N2OS/c1-7-6-15-10(12-7)13-8-5-9(14-4)11(8,2)3/h6,8-9H,5H2,1-4H3,(H,12,13). The van der Waals surface area contributed by atoms with Crippen LogP contribution in [0.5, 0.6) is 0 Å². The number of hydrogen-bond donors (Lipinski definition) is 1. The molecule has 0 saturated heterocycles. The molecule has 0 amide bonds. The maximum absolute atomic E-state index is 5.42. The number of hydrogen-bond acceptors (Lipinski definition) is 4. The van der Waals surface area contributed by atoms with Crippen LogP contribution in [0.4, 0.5) is 5.13 Å². The van der Waals surface area contributed by atoms with Crippen LogP contribution < -0.4 is 5.32 Å². The van der Waals surface area contributed by atoms with Gasteiger partial charge in [-0.05, 0) is 13.3 Å². The predicted octanol–water partition coefficient (Wildman–Crippen LogP) is 2.68. The predicted molar refractivity (Wildman–Crippen MR) is 63.5 cm³/mol. The van der Waals surface area contributed by atoms with Gasteiger partial charge in [-0.1, -0.05) is 13.8 Å². The third kappa shape index (κ3) is 1.88. The molecule has 1 aliphatic rings. The molecule has 0 aromatic carbocycles. The van der Waals surface area contributed by atoms with Crippen LogP contribution in [0.1, 0.15) is 26.0 Å². The molecule has 1 aromatic rings. The fourth-order valence-electron chi connectivity index (χ4n) is 2.10. The van der Waals surface area contributed by atoms with Gasteiger partial charge in [0.2, 0.25) is 0 Å². The maximum Gasteiger partial charge on any atom is 0.183 e. The van der Waals surface area contributed by atoms with Crippen molar-refractivity contribution in [2.75, 3.05) is 12.4 Å². The minimum absolute atomic E-state index is 0.203. The number of nitrogens with one attached hydrogen (secondary N) is 1. The van der Waals surface area contributed by atoms with Crippen LogP contribution in [-0.4, -0.2) is 24.2 Å². The lowest BCUT2D eigenvalue weighted by atomic mass is 9.64. The van der Waals surface area contributed by atoms with Gasteiger partial charge in [-0.2, -0.15) is 0 Å². The minimum atomic E-state index is 0.203. The van der Waals surface area contributed by atoms with Gasteiger partial charge in [0, 0.05) is 23.9 Å². The van der Waals surface area contributed by atoms with E-state index in [-0.39, 0.29) is 5.41 Å². The van der Waals surface area contributed by atoms with E-state index in [0.29, 0.717) is 12.1 Å². The van der Waals surface area contributed by atoms with Crippen LogP contribution in [-0.2, 0) is 4.74 Å². The van der Waals surface area contributed by atoms with Crippen molar-refractivity contribution >= 4 is 16.5 Å². The van der Waals surface area contributed by atoms with Crippen molar-refractivity contribution in [1.29, 1.82) is 0 Å². The summed E-state index contributed by atoms with van der Waals surface area (Å²) in [4.78, 5) is 4.42. The molecule has 2 atom stereocenters. The molecule has 1 N–H and O–H groups in total. The second-order valence-electron chi connectivity index (χ2n) is 4.77. The zero-order valence-electron chi connectivity index (χ0n) is 9.70. The normalized spacial score (nSPS) is 28.5. The molecule has 2 rings (SSSR count). The molecule has 2 unspecified atom stereocenters. The van der Waals surface area contributed by atoms with E-state index in [0.717, 1.165) is 17.2 Å². The Morgan fingerprint density at radius 3 is 2.80 bits per heavy atom. The van der Waals surface area contributed by atoms with E-state index >= 15 is 0 Å². The van der Waals surface area contributed by atoms with Gasteiger partial charge in [0.25, 0.3) is 0 Å². The molecule has 0 spiro atoms. The van der Waals surface area contributed by atoms with Crippen LogP contribution in [0.25, 0.3) is 0 Å². The van der Waals surface area contributed by atoms with Crippen molar-refractivity contribution in [3.05, 3.63) is 11.1 Å². The first kappa shape index (κ1) is 10.9. The van der Waals surface area contributed by atoms with Gasteiger partial charge in [0.15, 0.2) is 5.13 Å². The summed E-state index contributed by atoms with van der Waals surface area (Å²) >= 11 is 1.67. The summed E-state index contributed by atoms with van der Waals surface area (Å²) in [6.07, 6.45) is 1.44. The first-order valence-corrected chi connectivity index (χ1v) is 6.13. The van der Waals surface area contributed by atoms with Crippen molar-refractivity contribution < 1.29 is 4.74 Å². The Labute approximate surface area is 94.9 Å². The quantitative estimate of drug-likeness (QED) is 0.860.